The van der Waals surface area contributed by atoms with Crippen molar-refractivity contribution in [2.45, 2.75) is 50.2 Å². The molecule has 6 heteroatoms. The van der Waals surface area contributed by atoms with E-state index >= 15 is 0 Å². The standard InChI is InChI=1S/C30H35FN2O3/c1-29(2,33-19-16-25(21-33)36-24-14-15-26(31)27(20-24)35-3)17-18-30(28(32)34,22-10-6-4-7-11-22)23-12-8-5-9-13-23/h4-15,20,25H,16-19,21H2,1-3H3,(H2,32,34)/t25-/m0/s1. The Morgan fingerprint density at radius 1 is 1.00 bits per heavy atom. The highest BCUT2D eigenvalue weighted by Crippen LogP contribution is 2.40. The van der Waals surface area contributed by atoms with Crippen molar-refractivity contribution in [2.75, 3.05) is 20.2 Å². The van der Waals surface area contributed by atoms with E-state index in [1.807, 2.05) is 60.7 Å². The molecular formula is C30H35FN2O3. The van der Waals surface area contributed by atoms with E-state index in [2.05, 4.69) is 18.7 Å². The molecule has 3 aromatic carbocycles. The maximum atomic E-state index is 13.8. The third kappa shape index (κ3) is 5.24. The summed E-state index contributed by atoms with van der Waals surface area (Å²) >= 11 is 0. The van der Waals surface area contributed by atoms with Gasteiger partial charge in [0.25, 0.3) is 0 Å². The Bertz CT molecular complexity index is 1130. The molecule has 4 rings (SSSR count). The summed E-state index contributed by atoms with van der Waals surface area (Å²) in [6.07, 6.45) is 2.20. The molecule has 0 aromatic heterocycles. The molecule has 0 aliphatic carbocycles. The minimum absolute atomic E-state index is 0.0106. The van der Waals surface area contributed by atoms with E-state index in [4.69, 9.17) is 15.2 Å². The summed E-state index contributed by atoms with van der Waals surface area (Å²) in [6, 6.07) is 24.2. The molecule has 1 saturated heterocycles. The largest absolute Gasteiger partial charge is 0.494 e. The highest BCUT2D eigenvalue weighted by Gasteiger charge is 2.43. The van der Waals surface area contributed by atoms with Gasteiger partial charge in [-0.1, -0.05) is 60.7 Å². The molecule has 0 spiro atoms. The lowest BCUT2D eigenvalue weighted by Gasteiger charge is -2.40. The number of nitrogens with two attached hydrogens (primary N) is 1. The summed E-state index contributed by atoms with van der Waals surface area (Å²) in [6.45, 7) is 6.03. The first kappa shape index (κ1) is 25.7. The van der Waals surface area contributed by atoms with Crippen LogP contribution in [0.15, 0.2) is 78.9 Å². The Balaban J connectivity index is 1.51. The molecule has 1 aliphatic heterocycles. The van der Waals surface area contributed by atoms with Crippen LogP contribution in [-0.2, 0) is 10.2 Å². The summed E-state index contributed by atoms with van der Waals surface area (Å²) in [5.41, 5.74) is 6.86. The van der Waals surface area contributed by atoms with Crippen LogP contribution in [0, 0.1) is 5.82 Å². The smallest absolute Gasteiger partial charge is 0.232 e. The number of nitrogens with zero attached hydrogens (tertiary/aromatic N) is 1. The van der Waals surface area contributed by atoms with E-state index in [0.717, 1.165) is 37.1 Å². The number of hydrogen-bond acceptors (Lipinski definition) is 4. The number of likely N-dealkylation sites (tertiary alicyclic amines) is 1. The van der Waals surface area contributed by atoms with Gasteiger partial charge in [0.1, 0.15) is 11.9 Å². The first-order valence-electron chi connectivity index (χ1n) is 12.4. The van der Waals surface area contributed by atoms with Gasteiger partial charge in [-0.25, -0.2) is 4.39 Å². The van der Waals surface area contributed by atoms with Crippen molar-refractivity contribution in [3.63, 3.8) is 0 Å². The summed E-state index contributed by atoms with van der Waals surface area (Å²) in [7, 11) is 1.44. The lowest BCUT2D eigenvalue weighted by atomic mass is 9.69. The number of hydrogen-bond donors (Lipinski definition) is 1. The fourth-order valence-corrected chi connectivity index (χ4v) is 5.24. The van der Waals surface area contributed by atoms with E-state index in [-0.39, 0.29) is 23.3 Å². The molecule has 1 heterocycles. The Hall–Kier alpha value is -3.38. The molecule has 3 aromatic rings. The second-order valence-corrected chi connectivity index (χ2v) is 10.1. The van der Waals surface area contributed by atoms with Gasteiger partial charge in [-0.15, -0.1) is 0 Å². The minimum atomic E-state index is -0.917. The fraction of sp³-hybridized carbons (Fsp3) is 0.367. The van der Waals surface area contributed by atoms with Gasteiger partial charge in [-0.2, -0.15) is 0 Å². The molecule has 2 N–H and O–H groups in total. The van der Waals surface area contributed by atoms with Crippen LogP contribution in [0.1, 0.15) is 44.2 Å². The number of carbonyl (C=O) groups excluding carboxylic acids is 1. The molecule has 0 saturated carbocycles. The Labute approximate surface area is 213 Å². The maximum Gasteiger partial charge on any atom is 0.232 e. The predicted octanol–water partition coefficient (Wildman–Crippen LogP) is 5.32. The van der Waals surface area contributed by atoms with Crippen molar-refractivity contribution in [3.8, 4) is 11.5 Å². The topological polar surface area (TPSA) is 64.8 Å². The van der Waals surface area contributed by atoms with Gasteiger partial charge in [0, 0.05) is 24.7 Å². The van der Waals surface area contributed by atoms with E-state index < -0.39 is 11.2 Å². The number of primary amides is 1. The Morgan fingerprint density at radius 2 is 1.61 bits per heavy atom. The molecule has 0 radical (unpaired) electrons. The van der Waals surface area contributed by atoms with Crippen LogP contribution in [0.4, 0.5) is 4.39 Å². The van der Waals surface area contributed by atoms with Gasteiger partial charge in [0.15, 0.2) is 11.6 Å². The van der Waals surface area contributed by atoms with Gasteiger partial charge in [-0.3, -0.25) is 9.69 Å². The van der Waals surface area contributed by atoms with Crippen LogP contribution in [-0.4, -0.2) is 42.6 Å². The monoisotopic (exact) mass is 490 g/mol. The zero-order chi connectivity index (χ0) is 25.8. The minimum Gasteiger partial charge on any atom is -0.494 e. The number of carbonyl (C=O) groups is 1. The van der Waals surface area contributed by atoms with Crippen LogP contribution < -0.4 is 15.2 Å². The average molecular weight is 491 g/mol. The number of ether oxygens (including phenoxy) is 2. The number of methoxy groups -OCH3 is 1. The lowest BCUT2D eigenvalue weighted by molar-refractivity contribution is -0.122. The highest BCUT2D eigenvalue weighted by atomic mass is 19.1. The highest BCUT2D eigenvalue weighted by molar-refractivity contribution is 5.90. The van der Waals surface area contributed by atoms with Crippen molar-refractivity contribution < 1.29 is 18.7 Å². The van der Waals surface area contributed by atoms with Gasteiger partial charge >= 0.3 is 0 Å². The molecule has 0 bridgehead atoms. The Kier molecular flexibility index (Phi) is 7.65. The molecule has 5 nitrogen and oxygen atoms in total. The van der Waals surface area contributed by atoms with Gasteiger partial charge in [0.2, 0.25) is 5.91 Å². The molecule has 1 fully saturated rings. The number of amides is 1. The first-order chi connectivity index (χ1) is 17.3. The van der Waals surface area contributed by atoms with Crippen molar-refractivity contribution in [2.24, 2.45) is 5.73 Å². The van der Waals surface area contributed by atoms with Crippen LogP contribution in [0.3, 0.4) is 0 Å². The summed E-state index contributed by atoms with van der Waals surface area (Å²) in [5.74, 6) is 0.0171. The molecule has 36 heavy (non-hydrogen) atoms. The third-order valence-electron chi connectivity index (χ3n) is 7.49. The number of rotatable bonds is 10. The molecule has 1 atom stereocenters. The van der Waals surface area contributed by atoms with Crippen molar-refractivity contribution >= 4 is 5.91 Å². The van der Waals surface area contributed by atoms with Crippen LogP contribution in [0.25, 0.3) is 0 Å². The van der Waals surface area contributed by atoms with Crippen molar-refractivity contribution in [3.05, 3.63) is 95.8 Å². The summed E-state index contributed by atoms with van der Waals surface area (Å²) < 4.78 is 25.0. The van der Waals surface area contributed by atoms with E-state index in [1.54, 1.807) is 12.1 Å². The Morgan fingerprint density at radius 3 is 2.17 bits per heavy atom. The van der Waals surface area contributed by atoms with Gasteiger partial charge < -0.3 is 15.2 Å². The van der Waals surface area contributed by atoms with E-state index in [9.17, 15) is 9.18 Å². The quantitative estimate of drug-likeness (QED) is 0.418. The van der Waals surface area contributed by atoms with Gasteiger partial charge in [0.05, 0.1) is 12.5 Å². The second-order valence-electron chi connectivity index (χ2n) is 10.1. The summed E-state index contributed by atoms with van der Waals surface area (Å²) in [4.78, 5) is 15.5. The SMILES string of the molecule is COc1cc(O[C@H]2CCN(C(C)(C)CCC(C(N)=O)(c3ccccc3)c3ccccc3)C2)ccc1F. The predicted molar refractivity (Wildman–Crippen MR) is 140 cm³/mol. The van der Waals surface area contributed by atoms with E-state index in [1.165, 1.54) is 13.2 Å². The van der Waals surface area contributed by atoms with Crippen molar-refractivity contribution in [1.29, 1.82) is 0 Å². The zero-order valence-corrected chi connectivity index (χ0v) is 21.2. The maximum absolute atomic E-state index is 13.8. The fourth-order valence-electron chi connectivity index (χ4n) is 5.24. The van der Waals surface area contributed by atoms with Crippen LogP contribution in [0.2, 0.25) is 0 Å². The average Bonchev–Trinajstić information content (AvgIpc) is 3.36. The van der Waals surface area contributed by atoms with Crippen molar-refractivity contribution in [1.82, 2.24) is 4.90 Å². The lowest BCUT2D eigenvalue weighted by Crippen LogP contribution is -2.47. The molecule has 190 valence electrons. The summed E-state index contributed by atoms with van der Waals surface area (Å²) in [5, 5.41) is 0. The molecular weight excluding hydrogens is 455 g/mol. The van der Waals surface area contributed by atoms with Crippen LogP contribution >= 0.6 is 0 Å². The number of benzene rings is 3. The normalized spacial score (nSPS) is 16.6. The second kappa shape index (κ2) is 10.7. The molecule has 1 amide bonds. The molecule has 1 aliphatic rings. The first-order valence-corrected chi connectivity index (χ1v) is 12.4. The third-order valence-corrected chi connectivity index (χ3v) is 7.49. The van der Waals surface area contributed by atoms with Gasteiger partial charge in [-0.05, 0) is 56.4 Å². The van der Waals surface area contributed by atoms with Crippen LogP contribution in [0.5, 0.6) is 11.5 Å². The van der Waals surface area contributed by atoms with E-state index in [0.29, 0.717) is 12.2 Å². The molecule has 0 unspecified atom stereocenters. The number of halogens is 1. The zero-order valence-electron chi connectivity index (χ0n) is 21.2.